The molecule has 2 amide bonds. The molecule has 5 nitrogen and oxygen atoms in total. The molecule has 0 saturated carbocycles. The number of carbonyl (C=O) groups is 2. The van der Waals surface area contributed by atoms with E-state index in [1.54, 1.807) is 13.1 Å². The molecule has 144 valence electrons. The third-order valence-electron chi connectivity index (χ3n) is 4.18. The molecule has 0 aromatic heterocycles. The Kier molecular flexibility index (Phi) is 7.42. The highest BCUT2D eigenvalue weighted by Crippen LogP contribution is 2.24. The molecule has 0 unspecified atom stereocenters. The van der Waals surface area contributed by atoms with Gasteiger partial charge in [-0.3, -0.25) is 9.59 Å². The number of nitrogens with one attached hydrogen (secondary N) is 1. The van der Waals surface area contributed by atoms with Crippen molar-refractivity contribution in [2.75, 3.05) is 25.5 Å². The van der Waals surface area contributed by atoms with Crippen LogP contribution >= 0.6 is 15.9 Å². The van der Waals surface area contributed by atoms with E-state index in [1.165, 1.54) is 4.90 Å². The van der Waals surface area contributed by atoms with Crippen LogP contribution in [0.3, 0.4) is 0 Å². The largest absolute Gasteiger partial charge is 0.483 e. The van der Waals surface area contributed by atoms with Gasteiger partial charge in [-0.25, -0.2) is 0 Å². The standard InChI is InChI=1S/C21H25BrN2O3/c1-14(2)16-10-9-15(3)19(11-16)27-13-21(26)24(4)12-20(25)23-18-8-6-5-7-17(18)22/h5-11,14H,12-13H2,1-4H3,(H,23,25). The zero-order chi connectivity index (χ0) is 20.0. The highest BCUT2D eigenvalue weighted by Gasteiger charge is 2.15. The molecule has 2 rings (SSSR count). The van der Waals surface area contributed by atoms with Crippen molar-refractivity contribution in [3.05, 3.63) is 58.1 Å². The van der Waals surface area contributed by atoms with Crippen LogP contribution in [-0.2, 0) is 9.59 Å². The number of anilines is 1. The highest BCUT2D eigenvalue weighted by molar-refractivity contribution is 9.10. The SMILES string of the molecule is Cc1ccc(C(C)C)cc1OCC(=O)N(C)CC(=O)Nc1ccccc1Br. The van der Waals surface area contributed by atoms with E-state index >= 15 is 0 Å². The number of aryl methyl sites for hydroxylation is 1. The maximum Gasteiger partial charge on any atom is 0.260 e. The molecule has 0 atom stereocenters. The van der Waals surface area contributed by atoms with Crippen molar-refractivity contribution in [3.63, 3.8) is 0 Å². The van der Waals surface area contributed by atoms with E-state index in [-0.39, 0.29) is 25.0 Å². The minimum atomic E-state index is -0.268. The van der Waals surface area contributed by atoms with Gasteiger partial charge in [-0.05, 0) is 58.1 Å². The lowest BCUT2D eigenvalue weighted by Gasteiger charge is -2.18. The zero-order valence-electron chi connectivity index (χ0n) is 16.1. The number of carbonyl (C=O) groups excluding carboxylic acids is 2. The number of likely N-dealkylation sites (N-methyl/N-ethyl adjacent to an activating group) is 1. The number of rotatable bonds is 7. The van der Waals surface area contributed by atoms with Gasteiger partial charge in [0.1, 0.15) is 5.75 Å². The summed E-state index contributed by atoms with van der Waals surface area (Å²) in [4.78, 5) is 25.8. The molecule has 0 fully saturated rings. The monoisotopic (exact) mass is 432 g/mol. The van der Waals surface area contributed by atoms with Crippen LogP contribution < -0.4 is 10.1 Å². The Morgan fingerprint density at radius 3 is 2.56 bits per heavy atom. The van der Waals surface area contributed by atoms with E-state index in [0.717, 1.165) is 15.6 Å². The molecule has 2 aromatic carbocycles. The van der Waals surface area contributed by atoms with Crippen molar-refractivity contribution in [1.29, 1.82) is 0 Å². The van der Waals surface area contributed by atoms with Gasteiger partial charge in [0.15, 0.2) is 6.61 Å². The minimum Gasteiger partial charge on any atom is -0.483 e. The van der Waals surface area contributed by atoms with E-state index in [4.69, 9.17) is 4.74 Å². The Bertz CT molecular complexity index is 821. The molecule has 0 aliphatic rings. The van der Waals surface area contributed by atoms with Crippen molar-refractivity contribution < 1.29 is 14.3 Å². The second kappa shape index (κ2) is 9.55. The van der Waals surface area contributed by atoms with Crippen LogP contribution in [0.4, 0.5) is 5.69 Å². The maximum atomic E-state index is 12.3. The molecule has 2 aromatic rings. The maximum absolute atomic E-state index is 12.3. The second-order valence-corrected chi connectivity index (χ2v) is 7.60. The van der Waals surface area contributed by atoms with Crippen LogP contribution in [-0.4, -0.2) is 36.9 Å². The van der Waals surface area contributed by atoms with Gasteiger partial charge in [0.05, 0.1) is 12.2 Å². The molecule has 0 aliphatic carbocycles. The summed E-state index contributed by atoms with van der Waals surface area (Å²) in [5.74, 6) is 0.551. The van der Waals surface area contributed by atoms with E-state index in [2.05, 4.69) is 41.2 Å². The van der Waals surface area contributed by atoms with E-state index in [9.17, 15) is 9.59 Å². The average molecular weight is 433 g/mol. The summed E-state index contributed by atoms with van der Waals surface area (Å²) in [5.41, 5.74) is 2.80. The predicted molar refractivity (Wildman–Crippen MR) is 111 cm³/mol. The van der Waals surface area contributed by atoms with Gasteiger partial charge in [-0.2, -0.15) is 0 Å². The Hall–Kier alpha value is -2.34. The van der Waals surface area contributed by atoms with E-state index in [0.29, 0.717) is 17.4 Å². The Balaban J connectivity index is 1.89. The van der Waals surface area contributed by atoms with Crippen molar-refractivity contribution >= 4 is 33.4 Å². The first-order valence-corrected chi connectivity index (χ1v) is 9.59. The van der Waals surface area contributed by atoms with Gasteiger partial charge in [0.25, 0.3) is 5.91 Å². The van der Waals surface area contributed by atoms with E-state index < -0.39 is 0 Å². The summed E-state index contributed by atoms with van der Waals surface area (Å²) >= 11 is 3.38. The number of nitrogens with zero attached hydrogens (tertiary/aromatic N) is 1. The van der Waals surface area contributed by atoms with Crippen molar-refractivity contribution in [2.24, 2.45) is 0 Å². The molecule has 1 N–H and O–H groups in total. The van der Waals surface area contributed by atoms with Crippen LogP contribution in [0.15, 0.2) is 46.9 Å². The Labute approximate surface area is 168 Å². The molecule has 6 heteroatoms. The van der Waals surface area contributed by atoms with Crippen LogP contribution in [0.25, 0.3) is 0 Å². The lowest BCUT2D eigenvalue weighted by atomic mass is 10.0. The minimum absolute atomic E-state index is 0.0471. The molecule has 0 radical (unpaired) electrons. The summed E-state index contributed by atoms with van der Waals surface area (Å²) in [5, 5.41) is 2.78. The molecule has 0 spiro atoms. The van der Waals surface area contributed by atoms with E-state index in [1.807, 2.05) is 37.3 Å². The zero-order valence-corrected chi connectivity index (χ0v) is 17.7. The Morgan fingerprint density at radius 2 is 1.89 bits per heavy atom. The lowest BCUT2D eigenvalue weighted by molar-refractivity contribution is -0.135. The van der Waals surface area contributed by atoms with Gasteiger partial charge >= 0.3 is 0 Å². The average Bonchev–Trinajstić information content (AvgIpc) is 2.62. The summed E-state index contributed by atoms with van der Waals surface area (Å²) in [7, 11) is 1.59. The molecule has 27 heavy (non-hydrogen) atoms. The van der Waals surface area contributed by atoms with Crippen molar-refractivity contribution in [1.82, 2.24) is 4.90 Å². The lowest BCUT2D eigenvalue weighted by Crippen LogP contribution is -2.37. The first kappa shape index (κ1) is 21.0. The molecular formula is C21H25BrN2O3. The van der Waals surface area contributed by atoms with Gasteiger partial charge in [-0.1, -0.05) is 38.1 Å². The third kappa shape index (κ3) is 6.10. The fraction of sp³-hybridized carbons (Fsp3) is 0.333. The number of amides is 2. The normalized spacial score (nSPS) is 10.6. The fourth-order valence-corrected chi connectivity index (χ4v) is 2.82. The van der Waals surface area contributed by atoms with Crippen molar-refractivity contribution in [2.45, 2.75) is 26.7 Å². The van der Waals surface area contributed by atoms with Gasteiger partial charge < -0.3 is 15.0 Å². The quantitative estimate of drug-likeness (QED) is 0.706. The van der Waals surface area contributed by atoms with Gasteiger partial charge in [-0.15, -0.1) is 0 Å². The topological polar surface area (TPSA) is 58.6 Å². The molecule has 0 bridgehead atoms. The fourth-order valence-electron chi connectivity index (χ4n) is 2.44. The summed E-state index contributed by atoms with van der Waals surface area (Å²) < 4.78 is 6.49. The predicted octanol–water partition coefficient (Wildman–Crippen LogP) is 4.36. The van der Waals surface area contributed by atoms with Crippen LogP contribution in [0.2, 0.25) is 0 Å². The highest BCUT2D eigenvalue weighted by atomic mass is 79.9. The first-order valence-electron chi connectivity index (χ1n) is 8.79. The number of ether oxygens (including phenoxy) is 1. The number of para-hydroxylation sites is 1. The second-order valence-electron chi connectivity index (χ2n) is 6.75. The molecule has 0 aliphatic heterocycles. The number of hydrogen-bond donors (Lipinski definition) is 1. The summed E-state index contributed by atoms with van der Waals surface area (Å²) in [6.07, 6.45) is 0. The summed E-state index contributed by atoms with van der Waals surface area (Å²) in [6.45, 7) is 6.00. The first-order chi connectivity index (χ1) is 12.8. The summed E-state index contributed by atoms with van der Waals surface area (Å²) in [6, 6.07) is 13.3. The molecule has 0 heterocycles. The van der Waals surface area contributed by atoms with Crippen LogP contribution in [0.1, 0.15) is 30.9 Å². The van der Waals surface area contributed by atoms with Crippen molar-refractivity contribution in [3.8, 4) is 5.75 Å². The molecule has 0 saturated heterocycles. The number of benzene rings is 2. The van der Waals surface area contributed by atoms with Crippen LogP contribution in [0.5, 0.6) is 5.75 Å². The van der Waals surface area contributed by atoms with Gasteiger partial charge in [0, 0.05) is 11.5 Å². The smallest absolute Gasteiger partial charge is 0.260 e. The molecular weight excluding hydrogens is 408 g/mol. The third-order valence-corrected chi connectivity index (χ3v) is 4.88. The number of halogens is 1. The number of hydrogen-bond acceptors (Lipinski definition) is 3. The van der Waals surface area contributed by atoms with Crippen LogP contribution in [0, 0.1) is 6.92 Å². The van der Waals surface area contributed by atoms with Gasteiger partial charge in [0.2, 0.25) is 5.91 Å². The Morgan fingerprint density at radius 1 is 1.19 bits per heavy atom.